The minimum atomic E-state index is -0.386. The van der Waals surface area contributed by atoms with Crippen LogP contribution >= 0.6 is 22.6 Å². The van der Waals surface area contributed by atoms with Crippen LogP contribution < -0.4 is 0 Å². The van der Waals surface area contributed by atoms with E-state index in [1.54, 1.807) is 0 Å². The standard InChI is InChI=1S/C11H12IN/c1-8-4-5-10(12)9(6-8)11(2,3)7-13/h4-6H,1-3H3. The molecule has 0 radical (unpaired) electrons. The molecule has 0 unspecified atom stereocenters. The SMILES string of the molecule is Cc1ccc(I)c(C(C)(C)C#N)c1. The molecule has 0 amide bonds. The number of rotatable bonds is 1. The van der Waals surface area contributed by atoms with E-state index in [1.165, 1.54) is 5.56 Å². The molecular formula is C11H12IN. The first-order valence-electron chi connectivity index (χ1n) is 4.15. The zero-order chi connectivity index (χ0) is 10.1. The predicted molar refractivity (Wildman–Crippen MR) is 62.5 cm³/mol. The van der Waals surface area contributed by atoms with Gasteiger partial charge in [-0.3, -0.25) is 0 Å². The van der Waals surface area contributed by atoms with Crippen LogP contribution in [-0.4, -0.2) is 0 Å². The van der Waals surface area contributed by atoms with Gasteiger partial charge in [0, 0.05) is 3.57 Å². The van der Waals surface area contributed by atoms with E-state index in [0.29, 0.717) is 0 Å². The summed E-state index contributed by atoms with van der Waals surface area (Å²) in [6.45, 7) is 5.95. The normalized spacial score (nSPS) is 11.0. The lowest BCUT2D eigenvalue weighted by Gasteiger charge is -2.18. The molecule has 2 heteroatoms. The average molecular weight is 285 g/mol. The van der Waals surface area contributed by atoms with Crippen molar-refractivity contribution < 1.29 is 0 Å². The lowest BCUT2D eigenvalue weighted by molar-refractivity contribution is 0.682. The smallest absolute Gasteiger partial charge is 0.0776 e. The van der Waals surface area contributed by atoms with Crippen LogP contribution in [0.1, 0.15) is 25.0 Å². The highest BCUT2D eigenvalue weighted by molar-refractivity contribution is 14.1. The summed E-state index contributed by atoms with van der Waals surface area (Å²) >= 11 is 2.27. The van der Waals surface area contributed by atoms with Gasteiger partial charge >= 0.3 is 0 Å². The van der Waals surface area contributed by atoms with Gasteiger partial charge < -0.3 is 0 Å². The average Bonchev–Trinajstić information content (AvgIpc) is 2.09. The number of hydrogen-bond acceptors (Lipinski definition) is 1. The molecule has 0 heterocycles. The molecule has 1 aromatic carbocycles. The lowest BCUT2D eigenvalue weighted by Crippen LogP contribution is -2.15. The fourth-order valence-corrected chi connectivity index (χ4v) is 2.19. The van der Waals surface area contributed by atoms with Crippen molar-refractivity contribution in [1.82, 2.24) is 0 Å². The molecule has 1 aromatic rings. The number of nitrogens with zero attached hydrogens (tertiary/aromatic N) is 1. The van der Waals surface area contributed by atoms with Crippen molar-refractivity contribution in [2.24, 2.45) is 0 Å². The molecule has 13 heavy (non-hydrogen) atoms. The Labute approximate surface area is 92.9 Å². The van der Waals surface area contributed by atoms with Gasteiger partial charge in [0.15, 0.2) is 0 Å². The largest absolute Gasteiger partial charge is 0.197 e. The molecule has 0 saturated heterocycles. The van der Waals surface area contributed by atoms with E-state index in [2.05, 4.69) is 46.9 Å². The molecule has 68 valence electrons. The van der Waals surface area contributed by atoms with Gasteiger partial charge in [-0.05, 0) is 55.0 Å². The van der Waals surface area contributed by atoms with Crippen molar-refractivity contribution in [1.29, 1.82) is 5.26 Å². The van der Waals surface area contributed by atoms with Crippen molar-refractivity contribution in [3.63, 3.8) is 0 Å². The van der Waals surface area contributed by atoms with Crippen LogP contribution in [0.2, 0.25) is 0 Å². The summed E-state index contributed by atoms with van der Waals surface area (Å²) < 4.78 is 1.16. The molecule has 0 spiro atoms. The first-order valence-corrected chi connectivity index (χ1v) is 5.23. The van der Waals surface area contributed by atoms with Crippen LogP contribution in [0.15, 0.2) is 18.2 Å². The van der Waals surface area contributed by atoms with E-state index in [0.717, 1.165) is 9.13 Å². The fourth-order valence-electron chi connectivity index (χ4n) is 1.18. The van der Waals surface area contributed by atoms with E-state index < -0.39 is 0 Å². The Balaban J connectivity index is 3.30. The third-order valence-corrected chi connectivity index (χ3v) is 3.02. The molecule has 0 bridgehead atoms. The van der Waals surface area contributed by atoms with Crippen LogP contribution in [0.4, 0.5) is 0 Å². The number of nitriles is 1. The molecule has 0 atom stereocenters. The third kappa shape index (κ3) is 2.22. The Morgan fingerprint density at radius 1 is 1.38 bits per heavy atom. The molecule has 0 aliphatic rings. The highest BCUT2D eigenvalue weighted by Gasteiger charge is 2.22. The van der Waals surface area contributed by atoms with Crippen LogP contribution in [0.3, 0.4) is 0 Å². The minimum Gasteiger partial charge on any atom is -0.197 e. The van der Waals surface area contributed by atoms with E-state index in [4.69, 9.17) is 5.26 Å². The summed E-state index contributed by atoms with van der Waals surface area (Å²) in [6, 6.07) is 8.54. The Morgan fingerprint density at radius 2 is 2.00 bits per heavy atom. The van der Waals surface area contributed by atoms with Crippen molar-refractivity contribution in [3.05, 3.63) is 32.9 Å². The fraction of sp³-hybridized carbons (Fsp3) is 0.364. The zero-order valence-corrected chi connectivity index (χ0v) is 10.2. The van der Waals surface area contributed by atoms with Crippen LogP contribution in [0.5, 0.6) is 0 Å². The quantitative estimate of drug-likeness (QED) is 0.725. The predicted octanol–water partition coefficient (Wildman–Crippen LogP) is 3.40. The van der Waals surface area contributed by atoms with Crippen molar-refractivity contribution >= 4 is 22.6 Å². The maximum atomic E-state index is 9.01. The summed E-state index contributed by atoms with van der Waals surface area (Å²) in [5.41, 5.74) is 1.94. The maximum Gasteiger partial charge on any atom is 0.0776 e. The molecule has 0 aliphatic carbocycles. The summed E-state index contributed by atoms with van der Waals surface area (Å²) in [7, 11) is 0. The van der Waals surface area contributed by atoms with Crippen molar-refractivity contribution in [2.45, 2.75) is 26.2 Å². The van der Waals surface area contributed by atoms with Crippen molar-refractivity contribution in [3.8, 4) is 6.07 Å². The molecule has 0 aromatic heterocycles. The Hall–Kier alpha value is -0.560. The monoisotopic (exact) mass is 285 g/mol. The van der Waals surface area contributed by atoms with Gasteiger partial charge in [-0.2, -0.15) is 5.26 Å². The Kier molecular flexibility index (Phi) is 2.97. The van der Waals surface area contributed by atoms with Gasteiger partial charge in [0.2, 0.25) is 0 Å². The molecule has 1 nitrogen and oxygen atoms in total. The number of aryl methyl sites for hydroxylation is 1. The second-order valence-corrected chi connectivity index (χ2v) is 4.88. The summed E-state index contributed by atoms with van der Waals surface area (Å²) in [4.78, 5) is 0. The summed E-state index contributed by atoms with van der Waals surface area (Å²) in [5, 5.41) is 9.01. The third-order valence-electron chi connectivity index (χ3n) is 2.07. The molecule has 0 aliphatic heterocycles. The first kappa shape index (κ1) is 10.5. The topological polar surface area (TPSA) is 23.8 Å². The molecular weight excluding hydrogens is 273 g/mol. The molecule has 0 saturated carbocycles. The van der Waals surface area contributed by atoms with E-state index in [9.17, 15) is 0 Å². The molecule has 0 fully saturated rings. The van der Waals surface area contributed by atoms with Gasteiger partial charge in [0.1, 0.15) is 0 Å². The van der Waals surface area contributed by atoms with Crippen LogP contribution in [-0.2, 0) is 5.41 Å². The summed E-state index contributed by atoms with van der Waals surface area (Å²) in [5.74, 6) is 0. The van der Waals surface area contributed by atoms with Crippen LogP contribution in [0, 0.1) is 21.8 Å². The van der Waals surface area contributed by atoms with Gasteiger partial charge in [-0.15, -0.1) is 0 Å². The molecule has 1 rings (SSSR count). The zero-order valence-electron chi connectivity index (χ0n) is 8.06. The van der Waals surface area contributed by atoms with Gasteiger partial charge in [-0.1, -0.05) is 17.7 Å². The van der Waals surface area contributed by atoms with Gasteiger partial charge in [0.25, 0.3) is 0 Å². The lowest BCUT2D eigenvalue weighted by atomic mass is 9.86. The highest BCUT2D eigenvalue weighted by atomic mass is 127. The molecule has 0 N–H and O–H groups in total. The van der Waals surface area contributed by atoms with Crippen molar-refractivity contribution in [2.75, 3.05) is 0 Å². The number of halogens is 1. The van der Waals surface area contributed by atoms with Gasteiger partial charge in [-0.25, -0.2) is 0 Å². The summed E-state index contributed by atoms with van der Waals surface area (Å²) in [6.07, 6.45) is 0. The first-order chi connectivity index (χ1) is 5.97. The highest BCUT2D eigenvalue weighted by Crippen LogP contribution is 2.27. The number of benzene rings is 1. The second kappa shape index (κ2) is 3.67. The van der Waals surface area contributed by atoms with E-state index >= 15 is 0 Å². The van der Waals surface area contributed by atoms with Crippen LogP contribution in [0.25, 0.3) is 0 Å². The van der Waals surface area contributed by atoms with Gasteiger partial charge in [0.05, 0.1) is 11.5 Å². The maximum absolute atomic E-state index is 9.01. The Morgan fingerprint density at radius 3 is 2.54 bits per heavy atom. The minimum absolute atomic E-state index is 0.386. The Bertz CT molecular complexity index is 361. The van der Waals surface area contributed by atoms with E-state index in [1.807, 2.05) is 20.8 Å². The second-order valence-electron chi connectivity index (χ2n) is 3.72. The van der Waals surface area contributed by atoms with E-state index in [-0.39, 0.29) is 5.41 Å². The number of hydrogen-bond donors (Lipinski definition) is 0.